The average Bonchev–Trinajstić information content (AvgIpc) is 3.04. The largest absolute Gasteiger partial charge is 0.487 e. The molecule has 1 heterocycles. The van der Waals surface area contributed by atoms with Crippen LogP contribution in [0.25, 0.3) is 10.8 Å². The van der Waals surface area contributed by atoms with Gasteiger partial charge in [-0.05, 0) is 93.1 Å². The van der Waals surface area contributed by atoms with E-state index in [4.69, 9.17) is 9.15 Å². The maximum absolute atomic E-state index is 9.35. The molecule has 1 aromatic heterocycles. The molecule has 0 aliphatic heterocycles. The summed E-state index contributed by atoms with van der Waals surface area (Å²) in [6, 6.07) is 20.8. The van der Waals surface area contributed by atoms with Crippen molar-refractivity contribution in [1.29, 1.82) is 5.26 Å². The highest BCUT2D eigenvalue weighted by Gasteiger charge is 2.14. The Labute approximate surface area is 208 Å². The zero-order valence-corrected chi connectivity index (χ0v) is 21.3. The second kappa shape index (κ2) is 9.40. The van der Waals surface area contributed by atoms with Crippen molar-refractivity contribution in [1.82, 2.24) is 0 Å². The van der Waals surface area contributed by atoms with E-state index >= 15 is 0 Å². The number of benzene rings is 3. The lowest BCUT2D eigenvalue weighted by Crippen LogP contribution is -2.01. The lowest BCUT2D eigenvalue weighted by molar-refractivity contribution is 0.303. The van der Waals surface area contributed by atoms with Gasteiger partial charge in [0.2, 0.25) is 5.88 Å². The maximum atomic E-state index is 9.35. The van der Waals surface area contributed by atoms with Crippen LogP contribution < -0.4 is 4.74 Å². The number of rotatable bonds is 5. The molecular weight excluding hydrogens is 614 g/mol. The Morgan fingerprint density at radius 3 is 2.52 bits per heavy atom. The molecule has 0 atom stereocenters. The minimum absolute atomic E-state index is 0.346. The summed E-state index contributed by atoms with van der Waals surface area (Å²) in [5.74, 6) is 1.91. The summed E-state index contributed by atoms with van der Waals surface area (Å²) in [5, 5.41) is 11.8. The van der Waals surface area contributed by atoms with Gasteiger partial charge in [-0.15, -0.1) is 0 Å². The van der Waals surface area contributed by atoms with E-state index in [1.807, 2.05) is 38.1 Å². The van der Waals surface area contributed by atoms with Crippen LogP contribution >= 0.6 is 45.2 Å². The van der Waals surface area contributed by atoms with Gasteiger partial charge in [0.1, 0.15) is 29.7 Å². The topological polar surface area (TPSA) is 58.5 Å². The first kappa shape index (κ1) is 21.8. The molecule has 0 fully saturated rings. The third-order valence-electron chi connectivity index (χ3n) is 5.08. The minimum Gasteiger partial charge on any atom is -0.487 e. The van der Waals surface area contributed by atoms with Crippen LogP contribution in [0.1, 0.15) is 28.0 Å². The molecule has 6 heteroatoms. The zero-order valence-electron chi connectivity index (χ0n) is 16.9. The molecular formula is C25H18I2N2O2. The molecule has 0 N–H and O–H groups in total. The summed E-state index contributed by atoms with van der Waals surface area (Å²) in [4.78, 5) is 4.41. The van der Waals surface area contributed by atoms with Gasteiger partial charge >= 0.3 is 0 Å². The van der Waals surface area contributed by atoms with Crippen molar-refractivity contribution in [3.63, 3.8) is 0 Å². The third kappa shape index (κ3) is 4.62. The molecule has 4 aromatic rings. The summed E-state index contributed by atoms with van der Waals surface area (Å²) < 4.78 is 13.8. The Balaban J connectivity index is 1.56. The lowest BCUT2D eigenvalue weighted by Gasteiger charge is -2.13. The van der Waals surface area contributed by atoms with Gasteiger partial charge in [0, 0.05) is 11.8 Å². The molecule has 0 aliphatic rings. The highest BCUT2D eigenvalue weighted by atomic mass is 127. The molecule has 0 bridgehead atoms. The van der Waals surface area contributed by atoms with Crippen LogP contribution in [0.4, 0.5) is 5.88 Å². The van der Waals surface area contributed by atoms with Crippen molar-refractivity contribution in [3.05, 3.63) is 89.8 Å². The fourth-order valence-electron chi connectivity index (χ4n) is 3.32. The average molecular weight is 632 g/mol. The summed E-state index contributed by atoms with van der Waals surface area (Å²) >= 11 is 4.57. The van der Waals surface area contributed by atoms with E-state index in [1.54, 1.807) is 6.21 Å². The highest BCUT2D eigenvalue weighted by molar-refractivity contribution is 14.1. The molecule has 3 aromatic carbocycles. The Hall–Kier alpha value is -2.38. The van der Waals surface area contributed by atoms with Gasteiger partial charge in [-0.3, -0.25) is 0 Å². The molecule has 0 aliphatic carbocycles. The number of ether oxygens (including phenoxy) is 1. The molecule has 0 saturated carbocycles. The number of hydrogen-bond donors (Lipinski definition) is 0. The van der Waals surface area contributed by atoms with Gasteiger partial charge in [-0.25, -0.2) is 4.99 Å². The Bertz CT molecular complexity index is 1320. The second-order valence-corrected chi connectivity index (χ2v) is 9.40. The second-order valence-electron chi connectivity index (χ2n) is 7.07. The van der Waals surface area contributed by atoms with Crippen LogP contribution in [0.15, 0.2) is 64.0 Å². The Kier molecular flexibility index (Phi) is 6.62. The summed E-state index contributed by atoms with van der Waals surface area (Å²) in [6.45, 7) is 4.20. The van der Waals surface area contributed by atoms with Gasteiger partial charge in [0.15, 0.2) is 0 Å². The zero-order chi connectivity index (χ0) is 22.0. The lowest BCUT2D eigenvalue weighted by atomic mass is 10.1. The van der Waals surface area contributed by atoms with E-state index in [-0.39, 0.29) is 0 Å². The molecule has 0 spiro atoms. The van der Waals surface area contributed by atoms with Gasteiger partial charge < -0.3 is 9.15 Å². The van der Waals surface area contributed by atoms with Crippen LogP contribution in [-0.4, -0.2) is 6.21 Å². The van der Waals surface area contributed by atoms with Crippen LogP contribution in [-0.2, 0) is 6.61 Å². The fourth-order valence-corrected chi connectivity index (χ4v) is 5.45. The third-order valence-corrected chi connectivity index (χ3v) is 6.68. The number of fused-ring (bicyclic) bond motifs is 1. The number of nitrogens with zero attached hydrogens (tertiary/aromatic N) is 2. The Morgan fingerprint density at radius 2 is 1.77 bits per heavy atom. The first-order valence-corrected chi connectivity index (χ1v) is 11.8. The fraction of sp³-hybridized carbons (Fsp3) is 0.120. The smallest absolute Gasteiger partial charge is 0.237 e. The molecule has 0 amide bonds. The van der Waals surface area contributed by atoms with Crippen molar-refractivity contribution >= 4 is 68.1 Å². The van der Waals surface area contributed by atoms with Crippen LogP contribution in [0.2, 0.25) is 0 Å². The predicted octanol–water partition coefficient (Wildman–Crippen LogP) is 7.46. The van der Waals surface area contributed by atoms with Crippen LogP contribution in [0.5, 0.6) is 5.75 Å². The van der Waals surface area contributed by atoms with Crippen LogP contribution in [0, 0.1) is 32.3 Å². The monoisotopic (exact) mass is 632 g/mol. The van der Waals surface area contributed by atoms with Gasteiger partial charge in [-0.1, -0.05) is 42.5 Å². The molecule has 0 radical (unpaired) electrons. The first-order valence-electron chi connectivity index (χ1n) is 9.60. The van der Waals surface area contributed by atoms with Crippen molar-refractivity contribution in [2.45, 2.75) is 20.5 Å². The molecule has 0 unspecified atom stereocenters. The number of furan rings is 1. The van der Waals surface area contributed by atoms with E-state index in [9.17, 15) is 5.26 Å². The minimum atomic E-state index is 0.346. The van der Waals surface area contributed by atoms with E-state index in [2.05, 4.69) is 86.6 Å². The normalized spacial score (nSPS) is 11.2. The van der Waals surface area contributed by atoms with Crippen molar-refractivity contribution < 1.29 is 9.15 Å². The van der Waals surface area contributed by atoms with Gasteiger partial charge in [-0.2, -0.15) is 5.26 Å². The molecule has 0 saturated heterocycles. The molecule has 4 nitrogen and oxygen atoms in total. The standard InChI is InChI=1S/C25H18I2N2O2/c1-15-16(2)31-25(21(15)12-28)29-13-17-10-22(26)24(23(27)11-17)30-14-19-8-5-7-18-6-3-4-9-20(18)19/h3-11,13H,14H2,1-2H3. The molecule has 31 heavy (non-hydrogen) atoms. The SMILES string of the molecule is Cc1oc(N=Cc2cc(I)c(OCc3cccc4ccccc34)c(I)c2)c(C#N)c1C. The number of halogens is 2. The number of aliphatic imine (C=N–C) groups is 1. The predicted molar refractivity (Wildman–Crippen MR) is 140 cm³/mol. The van der Waals surface area contributed by atoms with Crippen molar-refractivity contribution in [3.8, 4) is 11.8 Å². The number of nitriles is 1. The van der Waals surface area contributed by atoms with E-state index < -0.39 is 0 Å². The maximum Gasteiger partial charge on any atom is 0.237 e. The first-order chi connectivity index (χ1) is 15.0. The van der Waals surface area contributed by atoms with Crippen LogP contribution in [0.3, 0.4) is 0 Å². The van der Waals surface area contributed by atoms with E-state index in [0.717, 1.165) is 29.6 Å². The van der Waals surface area contributed by atoms with E-state index in [0.29, 0.717) is 23.8 Å². The quantitative estimate of drug-likeness (QED) is 0.170. The summed E-state index contributed by atoms with van der Waals surface area (Å²) in [7, 11) is 0. The number of aryl methyl sites for hydroxylation is 1. The van der Waals surface area contributed by atoms with E-state index in [1.165, 1.54) is 10.8 Å². The van der Waals surface area contributed by atoms with Gasteiger partial charge in [0.05, 0.1) is 7.14 Å². The number of hydrogen-bond acceptors (Lipinski definition) is 4. The molecule has 4 rings (SSSR count). The Morgan fingerprint density at radius 1 is 1.06 bits per heavy atom. The highest BCUT2D eigenvalue weighted by Crippen LogP contribution is 2.31. The molecule has 154 valence electrons. The van der Waals surface area contributed by atoms with Crippen molar-refractivity contribution in [2.24, 2.45) is 4.99 Å². The van der Waals surface area contributed by atoms with Gasteiger partial charge in [0.25, 0.3) is 0 Å². The summed E-state index contributed by atoms with van der Waals surface area (Å²) in [6.07, 6.45) is 1.72. The summed E-state index contributed by atoms with van der Waals surface area (Å²) in [5.41, 5.74) is 3.38. The van der Waals surface area contributed by atoms with Crippen molar-refractivity contribution in [2.75, 3.05) is 0 Å².